The van der Waals surface area contributed by atoms with Crippen LogP contribution in [0.1, 0.15) is 11.1 Å². The number of rotatable bonds is 3. The molecule has 0 aliphatic heterocycles. The average Bonchev–Trinajstić information content (AvgIpc) is 2.79. The van der Waals surface area contributed by atoms with Gasteiger partial charge in [-0.2, -0.15) is 13.2 Å². The molecule has 0 amide bonds. The number of aromatic amines is 1. The van der Waals surface area contributed by atoms with Gasteiger partial charge in [-0.3, -0.25) is 0 Å². The maximum absolute atomic E-state index is 13.0. The molecule has 2 aromatic rings. The van der Waals surface area contributed by atoms with Crippen molar-refractivity contribution in [3.05, 3.63) is 53.6 Å². The van der Waals surface area contributed by atoms with Crippen molar-refractivity contribution in [3.63, 3.8) is 0 Å². The summed E-state index contributed by atoms with van der Waals surface area (Å²) in [6.45, 7) is 0.367. The van der Waals surface area contributed by atoms with Crippen molar-refractivity contribution in [2.45, 2.75) is 12.7 Å². The molecule has 6 heteroatoms. The van der Waals surface area contributed by atoms with Crippen LogP contribution in [0.3, 0.4) is 0 Å². The Kier molecular flexibility index (Phi) is 3.27. The molecule has 0 unspecified atom stereocenters. The first-order chi connectivity index (χ1) is 8.47. The molecule has 0 saturated carbocycles. The number of benzene rings is 1. The normalized spacial score (nSPS) is 11.6. The molecule has 0 aliphatic carbocycles. The lowest BCUT2D eigenvalue weighted by Crippen LogP contribution is -2.09. The highest BCUT2D eigenvalue weighted by atomic mass is 19.4. The quantitative estimate of drug-likeness (QED) is 0.805. The van der Waals surface area contributed by atoms with Gasteiger partial charge < -0.3 is 10.3 Å². The molecule has 18 heavy (non-hydrogen) atoms. The van der Waals surface area contributed by atoms with E-state index in [1.165, 1.54) is 6.07 Å². The lowest BCUT2D eigenvalue weighted by molar-refractivity contribution is -0.139. The molecule has 96 valence electrons. The van der Waals surface area contributed by atoms with Crippen molar-refractivity contribution in [1.82, 2.24) is 4.98 Å². The number of hydrogen-bond acceptors (Lipinski definition) is 1. The first kappa shape index (κ1) is 12.5. The minimum absolute atomic E-state index is 0.227. The standard InChI is InChI=1S/C12H10F4N2/c13-11-2-1-9(5-10(11)12(14,15)16)18-7-8-3-4-17-6-8/h1-6,17-18H,7H2. The van der Waals surface area contributed by atoms with E-state index in [1.54, 1.807) is 18.5 Å². The van der Waals surface area contributed by atoms with Crippen LogP contribution < -0.4 is 5.32 Å². The SMILES string of the molecule is Fc1ccc(NCc2cc[nH]c2)cc1C(F)(F)F. The number of hydrogen-bond donors (Lipinski definition) is 2. The fourth-order valence-electron chi connectivity index (χ4n) is 1.52. The van der Waals surface area contributed by atoms with E-state index in [1.807, 2.05) is 0 Å². The Hall–Kier alpha value is -1.98. The third-order valence-corrected chi connectivity index (χ3v) is 2.43. The fourth-order valence-corrected chi connectivity index (χ4v) is 1.52. The van der Waals surface area contributed by atoms with Crippen molar-refractivity contribution in [2.24, 2.45) is 0 Å². The van der Waals surface area contributed by atoms with Crippen LogP contribution >= 0.6 is 0 Å². The van der Waals surface area contributed by atoms with E-state index in [9.17, 15) is 17.6 Å². The molecule has 0 bridgehead atoms. The maximum Gasteiger partial charge on any atom is 0.419 e. The van der Waals surface area contributed by atoms with Gasteiger partial charge in [-0.25, -0.2) is 4.39 Å². The second-order valence-electron chi connectivity index (χ2n) is 3.77. The second-order valence-corrected chi connectivity index (χ2v) is 3.77. The first-order valence-corrected chi connectivity index (χ1v) is 5.19. The summed E-state index contributed by atoms with van der Waals surface area (Å²) in [4.78, 5) is 2.83. The topological polar surface area (TPSA) is 27.8 Å². The number of anilines is 1. The summed E-state index contributed by atoms with van der Waals surface area (Å²) in [7, 11) is 0. The van der Waals surface area contributed by atoms with Gasteiger partial charge in [0, 0.05) is 24.6 Å². The highest BCUT2D eigenvalue weighted by Gasteiger charge is 2.34. The van der Waals surface area contributed by atoms with Crippen LogP contribution in [0.2, 0.25) is 0 Å². The minimum atomic E-state index is -4.68. The van der Waals surface area contributed by atoms with Crippen LogP contribution in [0.25, 0.3) is 0 Å². The Bertz CT molecular complexity index is 517. The summed E-state index contributed by atoms with van der Waals surface area (Å²) in [5.41, 5.74) is -0.139. The highest BCUT2D eigenvalue weighted by molar-refractivity contribution is 5.47. The van der Waals surface area contributed by atoms with Crippen molar-refractivity contribution < 1.29 is 17.6 Å². The highest BCUT2D eigenvalue weighted by Crippen LogP contribution is 2.33. The molecule has 0 aliphatic rings. The summed E-state index contributed by atoms with van der Waals surface area (Å²) in [6.07, 6.45) is -1.25. The summed E-state index contributed by atoms with van der Waals surface area (Å²) in [5, 5.41) is 2.80. The van der Waals surface area contributed by atoms with E-state index in [0.717, 1.165) is 17.7 Å². The van der Waals surface area contributed by atoms with Crippen LogP contribution in [0.15, 0.2) is 36.7 Å². The van der Waals surface area contributed by atoms with E-state index < -0.39 is 17.6 Å². The molecule has 1 heterocycles. The van der Waals surface area contributed by atoms with Crippen molar-refractivity contribution in [2.75, 3.05) is 5.32 Å². The van der Waals surface area contributed by atoms with Crippen LogP contribution in [0, 0.1) is 5.82 Å². The van der Waals surface area contributed by atoms with Crippen molar-refractivity contribution >= 4 is 5.69 Å². The summed E-state index contributed by atoms with van der Waals surface area (Å²) in [6, 6.07) is 4.64. The summed E-state index contributed by atoms with van der Waals surface area (Å²) >= 11 is 0. The summed E-state index contributed by atoms with van der Waals surface area (Å²) in [5.74, 6) is -1.27. The zero-order valence-corrected chi connectivity index (χ0v) is 9.18. The maximum atomic E-state index is 13.0. The lowest BCUT2D eigenvalue weighted by Gasteiger charge is -2.11. The molecule has 0 fully saturated rings. The van der Waals surface area contributed by atoms with Crippen LogP contribution in [-0.4, -0.2) is 4.98 Å². The molecular weight excluding hydrogens is 248 g/mol. The molecule has 0 saturated heterocycles. The largest absolute Gasteiger partial charge is 0.419 e. The molecule has 1 aromatic carbocycles. The first-order valence-electron chi connectivity index (χ1n) is 5.19. The van der Waals surface area contributed by atoms with Gasteiger partial charge in [0.05, 0.1) is 5.56 Å². The third kappa shape index (κ3) is 2.82. The Balaban J connectivity index is 2.15. The van der Waals surface area contributed by atoms with Gasteiger partial charge in [-0.15, -0.1) is 0 Å². The van der Waals surface area contributed by atoms with Gasteiger partial charge >= 0.3 is 6.18 Å². The zero-order valence-electron chi connectivity index (χ0n) is 9.18. The van der Waals surface area contributed by atoms with E-state index in [-0.39, 0.29) is 5.69 Å². The number of aromatic nitrogens is 1. The van der Waals surface area contributed by atoms with Gasteiger partial charge in [0.15, 0.2) is 0 Å². The van der Waals surface area contributed by atoms with Gasteiger partial charge in [-0.1, -0.05) is 0 Å². The lowest BCUT2D eigenvalue weighted by atomic mass is 10.1. The van der Waals surface area contributed by atoms with E-state index in [2.05, 4.69) is 10.3 Å². The van der Waals surface area contributed by atoms with Crippen molar-refractivity contribution in [3.8, 4) is 0 Å². The second kappa shape index (κ2) is 4.72. The van der Waals surface area contributed by atoms with Gasteiger partial charge in [0.2, 0.25) is 0 Å². The predicted octanol–water partition coefficient (Wildman–Crippen LogP) is 3.78. The molecule has 1 aromatic heterocycles. The Morgan fingerprint density at radius 3 is 2.56 bits per heavy atom. The Morgan fingerprint density at radius 1 is 1.17 bits per heavy atom. The molecule has 2 nitrogen and oxygen atoms in total. The third-order valence-electron chi connectivity index (χ3n) is 2.43. The van der Waals surface area contributed by atoms with Crippen LogP contribution in [-0.2, 0) is 12.7 Å². The van der Waals surface area contributed by atoms with Crippen LogP contribution in [0.4, 0.5) is 23.2 Å². The van der Waals surface area contributed by atoms with E-state index in [4.69, 9.17) is 0 Å². The molecule has 0 spiro atoms. The molecule has 2 rings (SSSR count). The monoisotopic (exact) mass is 258 g/mol. The average molecular weight is 258 g/mol. The minimum Gasteiger partial charge on any atom is -0.381 e. The van der Waals surface area contributed by atoms with E-state index in [0.29, 0.717) is 6.54 Å². The Morgan fingerprint density at radius 2 is 1.94 bits per heavy atom. The Labute approximate surface area is 101 Å². The number of H-pyrrole nitrogens is 1. The fraction of sp³-hybridized carbons (Fsp3) is 0.167. The van der Waals surface area contributed by atoms with Crippen molar-refractivity contribution in [1.29, 1.82) is 0 Å². The molecule has 2 N–H and O–H groups in total. The van der Waals surface area contributed by atoms with Crippen LogP contribution in [0.5, 0.6) is 0 Å². The smallest absolute Gasteiger partial charge is 0.381 e. The predicted molar refractivity (Wildman–Crippen MR) is 59.5 cm³/mol. The number of halogens is 4. The summed E-state index contributed by atoms with van der Waals surface area (Å²) < 4.78 is 50.4. The molecule has 0 radical (unpaired) electrons. The number of alkyl halides is 3. The van der Waals surface area contributed by atoms with Gasteiger partial charge in [-0.05, 0) is 29.8 Å². The van der Waals surface area contributed by atoms with Gasteiger partial charge in [0.1, 0.15) is 5.82 Å². The van der Waals surface area contributed by atoms with Gasteiger partial charge in [0.25, 0.3) is 0 Å². The number of nitrogens with one attached hydrogen (secondary N) is 2. The molecule has 0 atom stereocenters. The zero-order chi connectivity index (χ0) is 13.2. The van der Waals surface area contributed by atoms with E-state index >= 15 is 0 Å². The molecular formula is C12H10F4N2.